The molecule has 0 radical (unpaired) electrons. The number of Topliss-reactive ketones (excluding diaryl/α,β-unsaturated/α-hetero) is 2. The van der Waals surface area contributed by atoms with E-state index < -0.39 is 11.9 Å². The van der Waals surface area contributed by atoms with Gasteiger partial charge in [0.25, 0.3) is 0 Å². The molecular weight excluding hydrogens is 1240 g/mol. The van der Waals surface area contributed by atoms with Crippen LogP contribution < -0.4 is 37.6 Å². The van der Waals surface area contributed by atoms with Gasteiger partial charge < -0.3 is 57.4 Å². The second kappa shape index (κ2) is 48.1. The minimum absolute atomic E-state index is 0.0586. The van der Waals surface area contributed by atoms with Crippen molar-refractivity contribution in [3.05, 3.63) is 0 Å². The van der Waals surface area contributed by atoms with E-state index in [1.54, 1.807) is 13.8 Å². The Bertz CT molecular complexity index is 1970. The van der Waals surface area contributed by atoms with Gasteiger partial charge in [0.1, 0.15) is 11.6 Å². The molecular formula is C83H149N7O9. The molecule has 0 aromatic rings. The average Bonchev–Trinajstić information content (AvgIpc) is 0.770. The summed E-state index contributed by atoms with van der Waals surface area (Å²) in [7, 11) is 0. The van der Waals surface area contributed by atoms with Crippen molar-refractivity contribution in [3.63, 3.8) is 0 Å². The van der Waals surface area contributed by atoms with Gasteiger partial charge in [-0.05, 0) is 241 Å². The number of aliphatic carboxylic acids is 2. The molecule has 12 aliphatic rings. The van der Waals surface area contributed by atoms with E-state index in [0.29, 0.717) is 24.4 Å². The zero-order valence-electron chi connectivity index (χ0n) is 63.4. The van der Waals surface area contributed by atoms with Crippen molar-refractivity contribution in [2.45, 2.75) is 403 Å². The fourth-order valence-electron chi connectivity index (χ4n) is 21.0. The zero-order chi connectivity index (χ0) is 70.8. The first-order chi connectivity index (χ1) is 47.9. The average molecular weight is 1390 g/mol. The number of unbranched alkanes of at least 4 members (excludes halogenated alkanes) is 32. The summed E-state index contributed by atoms with van der Waals surface area (Å²) in [5.74, 6) is 7.14. The van der Waals surface area contributed by atoms with Gasteiger partial charge in [0.2, 0.25) is 0 Å². The highest BCUT2D eigenvalue weighted by Gasteiger charge is 2.54. The topological polar surface area (TPSA) is 258 Å². The molecule has 0 atom stereocenters. The van der Waals surface area contributed by atoms with E-state index in [-0.39, 0.29) is 34.7 Å². The lowest BCUT2D eigenvalue weighted by molar-refractivity contribution is -0.138. The maximum absolute atomic E-state index is 12.4. The van der Waals surface area contributed by atoms with Gasteiger partial charge in [0.05, 0.1) is 0 Å². The van der Waals surface area contributed by atoms with Crippen molar-refractivity contribution in [1.29, 1.82) is 0 Å². The number of carboxylic acids is 2. The quantitative estimate of drug-likeness (QED) is 0.0260. The summed E-state index contributed by atoms with van der Waals surface area (Å²) in [5, 5.41) is 36.5. The van der Waals surface area contributed by atoms with Crippen LogP contribution in [0.5, 0.6) is 0 Å². The molecule has 16 nitrogen and oxygen atoms in total. The van der Waals surface area contributed by atoms with E-state index >= 15 is 0 Å². The Balaban J connectivity index is 0.000000213. The molecule has 12 aliphatic carbocycles. The number of hydrogen-bond donors (Lipinski definition) is 9. The van der Waals surface area contributed by atoms with Crippen LogP contribution in [0.4, 0.5) is 14.4 Å². The SMILES string of the molecule is CC(=O)CCCCCCCCCCCNC(=O)NC12CC3CC(CC(C3)C1)C2.CC(=O)CCCCCCCCCCCNC(=O)NC12CC3CC(CC(C3)C1)C2.NCCCCCCCCCCCC(=O)O.O=C(O)CCCCCCCCCCCNC(=O)NC12CC3CC(CC(C3)C1)C2. The van der Waals surface area contributed by atoms with Gasteiger partial charge in [0, 0.05) is 61.9 Å². The minimum atomic E-state index is -0.680. The molecule has 0 aliphatic heterocycles. The second-order valence-electron chi connectivity index (χ2n) is 34.4. The maximum Gasteiger partial charge on any atom is 0.315 e. The van der Waals surface area contributed by atoms with Gasteiger partial charge in [-0.15, -0.1) is 0 Å². The van der Waals surface area contributed by atoms with Crippen molar-refractivity contribution in [2.75, 3.05) is 26.2 Å². The molecule has 12 fully saturated rings. The van der Waals surface area contributed by atoms with Gasteiger partial charge in [0.15, 0.2) is 0 Å². The van der Waals surface area contributed by atoms with Crippen molar-refractivity contribution < 1.29 is 43.8 Å². The Morgan fingerprint density at radius 3 is 0.626 bits per heavy atom. The fraction of sp³-hybridized carbons (Fsp3) is 0.916. The number of carboxylic acid groups (broad SMARTS) is 2. The van der Waals surface area contributed by atoms with E-state index in [9.17, 15) is 33.6 Å². The molecule has 0 heterocycles. The normalized spacial score (nSPS) is 27.4. The predicted molar refractivity (Wildman–Crippen MR) is 403 cm³/mol. The van der Waals surface area contributed by atoms with Crippen molar-refractivity contribution in [1.82, 2.24) is 31.9 Å². The molecule has 0 saturated heterocycles. The Kier molecular flexibility index (Phi) is 40.8. The Hall–Kier alpha value is -3.95. The van der Waals surface area contributed by atoms with Crippen molar-refractivity contribution in [2.24, 2.45) is 59.0 Å². The smallest absolute Gasteiger partial charge is 0.315 e. The lowest BCUT2D eigenvalue weighted by Gasteiger charge is -2.56. The van der Waals surface area contributed by atoms with Crippen LogP contribution in [0.3, 0.4) is 0 Å². The zero-order valence-corrected chi connectivity index (χ0v) is 63.4. The highest BCUT2D eigenvalue weighted by Crippen LogP contribution is 2.58. The molecule has 99 heavy (non-hydrogen) atoms. The fourth-order valence-corrected chi connectivity index (χ4v) is 21.0. The highest BCUT2D eigenvalue weighted by atomic mass is 16.4. The number of carbonyl (C=O) groups is 7. The van der Waals surface area contributed by atoms with Crippen LogP contribution in [0.25, 0.3) is 0 Å². The lowest BCUT2D eigenvalue weighted by atomic mass is 9.53. The van der Waals surface area contributed by atoms with Crippen LogP contribution in [-0.2, 0) is 19.2 Å². The number of nitrogens with one attached hydrogen (secondary N) is 6. The molecule has 0 unspecified atom stereocenters. The lowest BCUT2D eigenvalue weighted by Crippen LogP contribution is -2.61. The summed E-state index contributed by atoms with van der Waals surface area (Å²) >= 11 is 0. The van der Waals surface area contributed by atoms with Crippen LogP contribution in [0.1, 0.15) is 386 Å². The van der Waals surface area contributed by atoms with E-state index in [1.165, 1.54) is 276 Å². The molecule has 6 amide bonds. The first-order valence-electron chi connectivity index (χ1n) is 42.2. The van der Waals surface area contributed by atoms with Crippen LogP contribution in [0.15, 0.2) is 0 Å². The number of carbonyl (C=O) groups excluding carboxylic acids is 5. The van der Waals surface area contributed by atoms with Gasteiger partial charge >= 0.3 is 30.0 Å². The van der Waals surface area contributed by atoms with Crippen LogP contribution in [0, 0.1) is 53.3 Å². The van der Waals surface area contributed by atoms with Gasteiger partial charge in [-0.2, -0.15) is 0 Å². The maximum atomic E-state index is 12.4. The van der Waals surface area contributed by atoms with Gasteiger partial charge in [-0.25, -0.2) is 14.4 Å². The number of nitrogens with two attached hydrogens (primary N) is 1. The van der Waals surface area contributed by atoms with Crippen molar-refractivity contribution in [3.8, 4) is 0 Å². The molecule has 570 valence electrons. The van der Waals surface area contributed by atoms with E-state index in [4.69, 9.17) is 15.9 Å². The molecule has 0 aromatic carbocycles. The third-order valence-corrected chi connectivity index (χ3v) is 24.7. The number of urea groups is 3. The van der Waals surface area contributed by atoms with Crippen LogP contribution >= 0.6 is 0 Å². The van der Waals surface area contributed by atoms with Gasteiger partial charge in [-0.3, -0.25) is 9.59 Å². The summed E-state index contributed by atoms with van der Waals surface area (Å²) in [6.07, 6.45) is 68.6. The van der Waals surface area contributed by atoms with Crippen molar-refractivity contribution >= 4 is 41.6 Å². The highest BCUT2D eigenvalue weighted by molar-refractivity contribution is 5.76. The van der Waals surface area contributed by atoms with Gasteiger partial charge in [-0.1, -0.05) is 180 Å². The second-order valence-corrected chi connectivity index (χ2v) is 34.4. The minimum Gasteiger partial charge on any atom is -0.481 e. The predicted octanol–water partition coefficient (Wildman–Crippen LogP) is 19.7. The summed E-state index contributed by atoms with van der Waals surface area (Å²) in [5.41, 5.74) is 5.77. The standard InChI is InChI=1S/2C24H42N2O2.C23H40N2O3.C12H25NO2/c2*1-19(27)11-9-7-5-3-2-4-6-8-10-12-25-23(28)26-24-16-20-13-21(17-24)15-22(14-20)18-24;26-21(27)10-8-6-4-2-1-3-5-7-9-11-24-22(28)25-23-15-18-12-19(16-23)14-20(13-18)17-23;13-11-9-7-5-3-1-2-4-6-8-10-12(14)15/h2*20-22H,2-18H2,1H3,(H2,25,26,28);18-20H,1-17H2,(H,26,27)(H2,24,25,28);1-11,13H2,(H,14,15). The number of hydrogen-bond acceptors (Lipinski definition) is 8. The number of ketones is 2. The first-order valence-corrected chi connectivity index (χ1v) is 42.2. The largest absolute Gasteiger partial charge is 0.481 e. The Morgan fingerprint density at radius 1 is 0.273 bits per heavy atom. The van der Waals surface area contributed by atoms with E-state index in [1.807, 2.05) is 0 Å². The Labute approximate surface area is 602 Å². The summed E-state index contributed by atoms with van der Waals surface area (Å²) in [6.45, 7) is 6.58. The number of rotatable bonds is 50. The Morgan fingerprint density at radius 2 is 0.444 bits per heavy atom. The molecule has 10 N–H and O–H groups in total. The monoisotopic (exact) mass is 1390 g/mol. The van der Waals surface area contributed by atoms with Crippen LogP contribution in [0.2, 0.25) is 0 Å². The van der Waals surface area contributed by atoms with E-state index in [0.717, 1.165) is 163 Å². The molecule has 12 bridgehead atoms. The third kappa shape index (κ3) is 35.9. The molecule has 12 saturated carbocycles. The number of amides is 6. The summed E-state index contributed by atoms with van der Waals surface area (Å²) < 4.78 is 0. The molecule has 16 heteroatoms. The van der Waals surface area contributed by atoms with Crippen LogP contribution in [-0.4, -0.2) is 94.6 Å². The molecule has 0 spiro atoms. The first kappa shape index (κ1) is 84.0. The molecule has 12 rings (SSSR count). The summed E-state index contributed by atoms with van der Waals surface area (Å²) in [6, 6.07) is 0.211. The molecule has 0 aromatic heterocycles. The van der Waals surface area contributed by atoms with E-state index in [2.05, 4.69) is 31.9 Å². The summed E-state index contributed by atoms with van der Waals surface area (Å²) in [4.78, 5) is 79.6. The third-order valence-electron chi connectivity index (χ3n) is 24.7.